The predicted molar refractivity (Wildman–Crippen MR) is 109 cm³/mol. The summed E-state index contributed by atoms with van der Waals surface area (Å²) >= 11 is 6.31. The van der Waals surface area contributed by atoms with E-state index >= 15 is 0 Å². The number of pyridine rings is 1. The number of carbonyl (C=O) groups excluding carboxylic acids is 1. The van der Waals surface area contributed by atoms with E-state index in [4.69, 9.17) is 22.1 Å². The van der Waals surface area contributed by atoms with Crippen LogP contribution in [0.1, 0.15) is 32.3 Å². The third-order valence-corrected chi connectivity index (χ3v) is 5.18. The number of nitrogens with zero attached hydrogens (tertiary/aromatic N) is 2. The molecule has 1 aliphatic rings. The molecule has 27 heavy (non-hydrogen) atoms. The summed E-state index contributed by atoms with van der Waals surface area (Å²) in [5.41, 5.74) is 8.71. The smallest absolute Gasteiger partial charge is 0.222 e. The second-order valence-corrected chi connectivity index (χ2v) is 7.89. The Morgan fingerprint density at radius 2 is 2.11 bits per heavy atom. The van der Waals surface area contributed by atoms with E-state index in [-0.39, 0.29) is 11.9 Å². The van der Waals surface area contributed by atoms with Crippen LogP contribution in [-0.2, 0) is 4.79 Å². The average molecular weight is 388 g/mol. The molecule has 1 aromatic heterocycles. The minimum atomic E-state index is 0.221. The summed E-state index contributed by atoms with van der Waals surface area (Å²) in [4.78, 5) is 18.1. The van der Waals surface area contributed by atoms with Crippen molar-refractivity contribution in [2.75, 3.05) is 18.9 Å². The quantitative estimate of drug-likeness (QED) is 0.829. The van der Waals surface area contributed by atoms with Gasteiger partial charge in [0.15, 0.2) is 0 Å². The third-order valence-electron chi connectivity index (χ3n) is 4.96. The van der Waals surface area contributed by atoms with Gasteiger partial charge in [0.25, 0.3) is 0 Å². The number of ether oxygens (including phenoxy) is 1. The second kappa shape index (κ2) is 8.17. The Morgan fingerprint density at radius 3 is 2.81 bits per heavy atom. The fraction of sp³-hybridized carbons (Fsp3) is 0.429. The minimum Gasteiger partial charge on any atom is -0.493 e. The number of aryl methyl sites for hydroxylation is 1. The van der Waals surface area contributed by atoms with Crippen molar-refractivity contribution in [3.05, 3.63) is 41.0 Å². The Labute approximate surface area is 165 Å². The summed E-state index contributed by atoms with van der Waals surface area (Å²) in [6.45, 7) is 7.40. The number of nitrogen functional groups attached to an aromatic ring is 1. The molecule has 1 aromatic carbocycles. The molecule has 1 atom stereocenters. The summed E-state index contributed by atoms with van der Waals surface area (Å²) in [6.07, 6.45) is 3.20. The number of hydrogen-bond acceptors (Lipinski definition) is 4. The van der Waals surface area contributed by atoms with Crippen LogP contribution in [0.15, 0.2) is 30.5 Å². The number of aromatic nitrogens is 1. The van der Waals surface area contributed by atoms with Gasteiger partial charge in [0, 0.05) is 41.7 Å². The zero-order valence-corrected chi connectivity index (χ0v) is 16.8. The lowest BCUT2D eigenvalue weighted by molar-refractivity contribution is -0.137. The molecule has 0 aliphatic carbocycles. The number of halogens is 1. The molecular formula is C21H26ClN3O2. The SMILES string of the molecule is Cc1cc(N)ncc1-c1cc(Cl)cc(OCC2CCC(=O)N(C(C)C)C2)c1. The van der Waals surface area contributed by atoms with Gasteiger partial charge < -0.3 is 15.4 Å². The zero-order valence-electron chi connectivity index (χ0n) is 16.0. The maximum Gasteiger partial charge on any atom is 0.222 e. The number of carbonyl (C=O) groups is 1. The highest BCUT2D eigenvalue weighted by Crippen LogP contribution is 2.31. The Kier molecular flexibility index (Phi) is 5.90. The normalized spacial score (nSPS) is 17.4. The maximum absolute atomic E-state index is 12.0. The fourth-order valence-electron chi connectivity index (χ4n) is 3.47. The predicted octanol–water partition coefficient (Wildman–Crippen LogP) is 4.32. The number of rotatable bonds is 5. The van der Waals surface area contributed by atoms with E-state index < -0.39 is 0 Å². The first kappa shape index (κ1) is 19.5. The lowest BCUT2D eigenvalue weighted by Gasteiger charge is -2.35. The Balaban J connectivity index is 1.72. The minimum absolute atomic E-state index is 0.221. The van der Waals surface area contributed by atoms with Crippen LogP contribution in [0, 0.1) is 12.8 Å². The van der Waals surface area contributed by atoms with Crippen LogP contribution < -0.4 is 10.5 Å². The van der Waals surface area contributed by atoms with Crippen LogP contribution in [0.5, 0.6) is 5.75 Å². The third kappa shape index (κ3) is 4.72. The van der Waals surface area contributed by atoms with Crippen LogP contribution in [-0.4, -0.2) is 35.0 Å². The summed E-state index contributed by atoms with van der Waals surface area (Å²) in [5, 5.41) is 0.612. The van der Waals surface area contributed by atoms with E-state index in [1.165, 1.54) is 0 Å². The molecule has 0 radical (unpaired) electrons. The Bertz CT molecular complexity index is 838. The molecule has 1 amide bonds. The molecule has 1 aliphatic heterocycles. The lowest BCUT2D eigenvalue weighted by atomic mass is 9.97. The van der Waals surface area contributed by atoms with Gasteiger partial charge in [-0.2, -0.15) is 0 Å². The van der Waals surface area contributed by atoms with Crippen molar-refractivity contribution in [1.82, 2.24) is 9.88 Å². The van der Waals surface area contributed by atoms with Gasteiger partial charge in [-0.3, -0.25) is 4.79 Å². The van der Waals surface area contributed by atoms with Crippen molar-refractivity contribution in [1.29, 1.82) is 0 Å². The Hall–Kier alpha value is -2.27. The van der Waals surface area contributed by atoms with Crippen LogP contribution in [0.3, 0.4) is 0 Å². The number of hydrogen-bond donors (Lipinski definition) is 1. The molecule has 0 saturated carbocycles. The number of benzene rings is 1. The van der Waals surface area contributed by atoms with E-state index in [9.17, 15) is 4.79 Å². The van der Waals surface area contributed by atoms with E-state index in [0.29, 0.717) is 29.8 Å². The second-order valence-electron chi connectivity index (χ2n) is 7.46. The molecule has 2 heterocycles. The van der Waals surface area contributed by atoms with Crippen molar-refractivity contribution in [3.8, 4) is 16.9 Å². The number of anilines is 1. The van der Waals surface area contributed by atoms with Gasteiger partial charge in [-0.05, 0) is 62.6 Å². The molecule has 2 N–H and O–H groups in total. The number of piperidine rings is 1. The van der Waals surface area contributed by atoms with E-state index in [0.717, 1.165) is 35.4 Å². The highest BCUT2D eigenvalue weighted by atomic mass is 35.5. The van der Waals surface area contributed by atoms with Gasteiger partial charge in [0.05, 0.1) is 6.61 Å². The van der Waals surface area contributed by atoms with Crippen molar-refractivity contribution in [3.63, 3.8) is 0 Å². The Morgan fingerprint density at radius 1 is 1.33 bits per heavy atom. The number of nitrogens with two attached hydrogens (primary N) is 1. The van der Waals surface area contributed by atoms with Crippen LogP contribution in [0.2, 0.25) is 5.02 Å². The largest absolute Gasteiger partial charge is 0.493 e. The molecule has 1 saturated heterocycles. The van der Waals surface area contributed by atoms with Gasteiger partial charge in [0.2, 0.25) is 5.91 Å². The lowest BCUT2D eigenvalue weighted by Crippen LogP contribution is -2.45. The molecule has 6 heteroatoms. The number of amides is 1. The first-order valence-corrected chi connectivity index (χ1v) is 9.66. The van der Waals surface area contributed by atoms with Crippen molar-refractivity contribution in [2.24, 2.45) is 5.92 Å². The van der Waals surface area contributed by atoms with E-state index in [1.54, 1.807) is 6.20 Å². The summed E-state index contributed by atoms with van der Waals surface area (Å²) < 4.78 is 6.05. The molecule has 144 valence electrons. The molecule has 3 rings (SSSR count). The molecule has 0 spiro atoms. The van der Waals surface area contributed by atoms with Gasteiger partial charge in [-0.25, -0.2) is 4.98 Å². The number of likely N-dealkylation sites (tertiary alicyclic amines) is 1. The van der Waals surface area contributed by atoms with Crippen LogP contribution in [0.4, 0.5) is 5.82 Å². The monoisotopic (exact) mass is 387 g/mol. The van der Waals surface area contributed by atoms with Gasteiger partial charge in [-0.1, -0.05) is 11.6 Å². The fourth-order valence-corrected chi connectivity index (χ4v) is 3.70. The van der Waals surface area contributed by atoms with Gasteiger partial charge in [-0.15, -0.1) is 0 Å². The van der Waals surface area contributed by atoms with Crippen molar-refractivity contribution in [2.45, 2.75) is 39.7 Å². The first-order chi connectivity index (χ1) is 12.8. The molecule has 1 unspecified atom stereocenters. The van der Waals surface area contributed by atoms with Crippen molar-refractivity contribution >= 4 is 23.3 Å². The van der Waals surface area contributed by atoms with Crippen LogP contribution in [0.25, 0.3) is 11.1 Å². The summed E-state index contributed by atoms with van der Waals surface area (Å²) in [7, 11) is 0. The van der Waals surface area contributed by atoms with Crippen molar-refractivity contribution < 1.29 is 9.53 Å². The van der Waals surface area contributed by atoms with Crippen LogP contribution >= 0.6 is 11.6 Å². The van der Waals surface area contributed by atoms with E-state index in [1.807, 2.05) is 49.9 Å². The molecular weight excluding hydrogens is 362 g/mol. The highest BCUT2D eigenvalue weighted by Gasteiger charge is 2.27. The molecule has 0 bridgehead atoms. The molecule has 2 aromatic rings. The molecule has 5 nitrogen and oxygen atoms in total. The van der Waals surface area contributed by atoms with Gasteiger partial charge >= 0.3 is 0 Å². The van der Waals surface area contributed by atoms with E-state index in [2.05, 4.69) is 4.98 Å². The summed E-state index contributed by atoms with van der Waals surface area (Å²) in [6, 6.07) is 7.75. The topological polar surface area (TPSA) is 68.5 Å². The summed E-state index contributed by atoms with van der Waals surface area (Å²) in [5.74, 6) is 1.78. The maximum atomic E-state index is 12.0. The standard InChI is InChI=1S/C21H26ClN3O2/c1-13(2)25-11-15(4-5-21(25)26)12-27-18-8-16(7-17(22)9-18)19-10-24-20(23)6-14(19)3/h6-10,13,15H,4-5,11-12H2,1-3H3,(H2,23,24). The molecule has 1 fully saturated rings. The zero-order chi connectivity index (χ0) is 19.6. The highest BCUT2D eigenvalue weighted by molar-refractivity contribution is 6.31. The first-order valence-electron chi connectivity index (χ1n) is 9.29. The average Bonchev–Trinajstić information content (AvgIpc) is 2.60. The van der Waals surface area contributed by atoms with Gasteiger partial charge in [0.1, 0.15) is 11.6 Å².